The Bertz CT molecular complexity index is 854. The summed E-state index contributed by atoms with van der Waals surface area (Å²) in [5.74, 6) is 1.42. The zero-order valence-corrected chi connectivity index (χ0v) is 24.2. The highest BCUT2D eigenvalue weighted by atomic mass is 16.5. The number of benzene rings is 1. The van der Waals surface area contributed by atoms with Gasteiger partial charge >= 0.3 is 0 Å². The van der Waals surface area contributed by atoms with Crippen molar-refractivity contribution in [3.05, 3.63) is 54.4 Å². The molecule has 38 heavy (non-hydrogen) atoms. The number of aromatic nitrogens is 1. The quantitative estimate of drug-likeness (QED) is 0.120. The van der Waals surface area contributed by atoms with Crippen molar-refractivity contribution >= 4 is 5.91 Å². The van der Waals surface area contributed by atoms with Crippen molar-refractivity contribution < 1.29 is 18.8 Å². The van der Waals surface area contributed by atoms with Crippen molar-refractivity contribution in [2.75, 3.05) is 19.8 Å². The molecule has 0 saturated carbocycles. The molecule has 2 aromatic rings. The maximum atomic E-state index is 12.1. The van der Waals surface area contributed by atoms with E-state index in [4.69, 9.17) is 9.47 Å². The Kier molecular flexibility index (Phi) is 17.8. The van der Waals surface area contributed by atoms with E-state index in [0.29, 0.717) is 12.3 Å². The Labute approximate surface area is 232 Å². The predicted octanol–water partition coefficient (Wildman–Crippen LogP) is 7.59. The van der Waals surface area contributed by atoms with E-state index in [1.165, 1.54) is 89.2 Å². The first-order valence-electron chi connectivity index (χ1n) is 15.3. The molecule has 1 amide bonds. The molecule has 5 heteroatoms. The summed E-state index contributed by atoms with van der Waals surface area (Å²) >= 11 is 0. The van der Waals surface area contributed by atoms with E-state index >= 15 is 0 Å². The number of hydrogen-bond donors (Lipinski definition) is 1. The van der Waals surface area contributed by atoms with Gasteiger partial charge in [-0.25, -0.2) is 4.57 Å². The first-order chi connectivity index (χ1) is 18.7. The molecule has 1 heterocycles. The van der Waals surface area contributed by atoms with E-state index in [-0.39, 0.29) is 12.5 Å². The standard InChI is InChI=1S/C33H52N2O3/c1-3-5-6-7-8-9-10-11-12-13-14-15-16-19-28-37-31-21-23-32(24-22-31)38-29-33(36)34-26-25-30-20-17-18-27-35(30)4-2/h17-18,20-24,27H,3-16,19,25-26,28-29H2,1-2H3/p+1. The molecule has 0 fully saturated rings. The zero-order chi connectivity index (χ0) is 27.1. The normalized spacial score (nSPS) is 10.9. The van der Waals surface area contributed by atoms with Crippen molar-refractivity contribution in [1.29, 1.82) is 0 Å². The molecule has 1 N–H and O–H groups in total. The van der Waals surface area contributed by atoms with Crippen molar-refractivity contribution in [3.8, 4) is 11.5 Å². The van der Waals surface area contributed by atoms with Crippen LogP contribution in [0.1, 0.15) is 109 Å². The average molecular weight is 526 g/mol. The molecule has 0 unspecified atom stereocenters. The van der Waals surface area contributed by atoms with Crippen LogP contribution < -0.4 is 19.4 Å². The summed E-state index contributed by atoms with van der Waals surface area (Å²) in [7, 11) is 0. The third-order valence-corrected chi connectivity index (χ3v) is 7.04. The average Bonchev–Trinajstić information content (AvgIpc) is 2.95. The van der Waals surface area contributed by atoms with Gasteiger partial charge in [0.25, 0.3) is 5.91 Å². The van der Waals surface area contributed by atoms with E-state index in [0.717, 1.165) is 31.7 Å². The van der Waals surface area contributed by atoms with Crippen LogP contribution in [0, 0.1) is 0 Å². The van der Waals surface area contributed by atoms with E-state index in [1.54, 1.807) is 0 Å². The van der Waals surface area contributed by atoms with Crippen molar-refractivity contribution in [1.82, 2.24) is 5.32 Å². The number of pyridine rings is 1. The minimum atomic E-state index is -0.109. The fraction of sp³-hybridized carbons (Fsp3) is 0.636. The molecule has 2 rings (SSSR count). The van der Waals surface area contributed by atoms with Gasteiger partial charge in [0, 0.05) is 25.1 Å². The van der Waals surface area contributed by atoms with Crippen molar-refractivity contribution in [2.45, 2.75) is 117 Å². The van der Waals surface area contributed by atoms with Crippen LogP contribution in [0.2, 0.25) is 0 Å². The number of carbonyl (C=O) groups is 1. The van der Waals surface area contributed by atoms with Crippen LogP contribution in [0.5, 0.6) is 11.5 Å². The van der Waals surface area contributed by atoms with Gasteiger partial charge in [0.1, 0.15) is 18.0 Å². The highest BCUT2D eigenvalue weighted by molar-refractivity contribution is 5.77. The molecule has 0 aliphatic heterocycles. The highest BCUT2D eigenvalue weighted by Gasteiger charge is 2.08. The molecule has 5 nitrogen and oxygen atoms in total. The third-order valence-electron chi connectivity index (χ3n) is 7.04. The summed E-state index contributed by atoms with van der Waals surface area (Å²) in [5, 5.41) is 2.93. The number of rotatable bonds is 23. The lowest BCUT2D eigenvalue weighted by molar-refractivity contribution is -0.700. The van der Waals surface area contributed by atoms with Gasteiger partial charge in [-0.1, -0.05) is 96.5 Å². The Balaban J connectivity index is 1.43. The van der Waals surface area contributed by atoms with E-state index < -0.39 is 0 Å². The van der Waals surface area contributed by atoms with Crippen molar-refractivity contribution in [2.24, 2.45) is 0 Å². The molecule has 1 aromatic heterocycles. The first-order valence-corrected chi connectivity index (χ1v) is 15.3. The summed E-state index contributed by atoms with van der Waals surface area (Å²) in [5.41, 5.74) is 1.21. The summed E-state index contributed by atoms with van der Waals surface area (Å²) in [6, 6.07) is 13.7. The number of hydrogen-bond acceptors (Lipinski definition) is 3. The SMILES string of the molecule is CCCCCCCCCCCCCCCCOc1ccc(OCC(=O)NCCc2cccc[n+]2CC)cc1. The molecule has 0 atom stereocenters. The van der Waals surface area contributed by atoms with Gasteiger partial charge in [0.2, 0.25) is 0 Å². The van der Waals surface area contributed by atoms with Gasteiger partial charge in [0.05, 0.1) is 6.61 Å². The lowest BCUT2D eigenvalue weighted by atomic mass is 10.0. The Morgan fingerprint density at radius 2 is 1.26 bits per heavy atom. The number of carbonyl (C=O) groups excluding carboxylic acids is 1. The summed E-state index contributed by atoms with van der Waals surface area (Å²) in [6.45, 7) is 6.68. The molecule has 0 saturated heterocycles. The highest BCUT2D eigenvalue weighted by Crippen LogP contribution is 2.18. The topological polar surface area (TPSA) is 51.4 Å². The lowest BCUT2D eigenvalue weighted by Crippen LogP contribution is -2.39. The number of ether oxygens (including phenoxy) is 2. The smallest absolute Gasteiger partial charge is 0.257 e. The number of nitrogens with one attached hydrogen (secondary N) is 1. The van der Waals surface area contributed by atoms with Gasteiger partial charge in [-0.2, -0.15) is 0 Å². The number of nitrogens with zero attached hydrogens (tertiary/aromatic N) is 1. The minimum Gasteiger partial charge on any atom is -0.494 e. The van der Waals surface area contributed by atoms with Crippen molar-refractivity contribution in [3.63, 3.8) is 0 Å². The molecule has 0 radical (unpaired) electrons. The van der Waals surface area contributed by atoms with Gasteiger partial charge in [-0.15, -0.1) is 0 Å². The van der Waals surface area contributed by atoms with E-state index in [2.05, 4.69) is 36.0 Å². The van der Waals surface area contributed by atoms with Crippen LogP contribution in [0.15, 0.2) is 48.7 Å². The Hall–Kier alpha value is -2.56. The molecular weight excluding hydrogens is 472 g/mol. The predicted molar refractivity (Wildman–Crippen MR) is 157 cm³/mol. The van der Waals surface area contributed by atoms with Crippen LogP contribution in [-0.2, 0) is 17.8 Å². The summed E-state index contributed by atoms with van der Waals surface area (Å²) in [6.07, 6.45) is 21.9. The fourth-order valence-corrected chi connectivity index (χ4v) is 4.70. The second-order valence-electron chi connectivity index (χ2n) is 10.3. The largest absolute Gasteiger partial charge is 0.494 e. The number of unbranched alkanes of at least 4 members (excludes halogenated alkanes) is 13. The molecule has 1 aromatic carbocycles. The van der Waals surface area contributed by atoms with E-state index in [9.17, 15) is 4.79 Å². The molecule has 0 aliphatic carbocycles. The third kappa shape index (κ3) is 15.0. The van der Waals surface area contributed by atoms with Crippen LogP contribution in [-0.4, -0.2) is 25.7 Å². The minimum absolute atomic E-state index is 0.0157. The Morgan fingerprint density at radius 1 is 0.711 bits per heavy atom. The second kappa shape index (κ2) is 21.4. The van der Waals surface area contributed by atoms with Crippen LogP contribution in [0.3, 0.4) is 0 Å². The van der Waals surface area contributed by atoms with Gasteiger partial charge in [-0.05, 0) is 37.6 Å². The van der Waals surface area contributed by atoms with Gasteiger partial charge < -0.3 is 14.8 Å². The number of aryl methyl sites for hydroxylation is 1. The first kappa shape index (κ1) is 31.7. The van der Waals surface area contributed by atoms with E-state index in [1.807, 2.05) is 36.4 Å². The summed E-state index contributed by atoms with van der Waals surface area (Å²) < 4.78 is 13.7. The maximum Gasteiger partial charge on any atom is 0.257 e. The van der Waals surface area contributed by atoms with Crippen LogP contribution in [0.4, 0.5) is 0 Å². The molecular formula is C33H53N2O3+. The maximum absolute atomic E-state index is 12.1. The zero-order valence-electron chi connectivity index (χ0n) is 24.2. The number of amides is 1. The van der Waals surface area contributed by atoms with Crippen LogP contribution in [0.25, 0.3) is 0 Å². The Morgan fingerprint density at radius 3 is 1.84 bits per heavy atom. The van der Waals surface area contributed by atoms with Crippen LogP contribution >= 0.6 is 0 Å². The molecule has 212 valence electrons. The lowest BCUT2D eigenvalue weighted by Gasteiger charge is -2.09. The molecule has 0 spiro atoms. The molecule has 0 bridgehead atoms. The second-order valence-corrected chi connectivity index (χ2v) is 10.3. The van der Waals surface area contributed by atoms with Gasteiger partial charge in [-0.3, -0.25) is 4.79 Å². The summed E-state index contributed by atoms with van der Waals surface area (Å²) in [4.78, 5) is 12.1. The fourth-order valence-electron chi connectivity index (χ4n) is 4.70. The van der Waals surface area contributed by atoms with Gasteiger partial charge in [0.15, 0.2) is 18.5 Å². The monoisotopic (exact) mass is 525 g/mol. The molecule has 0 aliphatic rings.